The van der Waals surface area contributed by atoms with Crippen LogP contribution in [0.1, 0.15) is 50.5 Å². The molecule has 1 aromatic carbocycles. The molecular weight excluding hydrogens is 298 g/mol. The van der Waals surface area contributed by atoms with E-state index in [0.717, 1.165) is 31.1 Å². The van der Waals surface area contributed by atoms with E-state index in [1.54, 1.807) is 0 Å². The molecule has 0 unspecified atom stereocenters. The van der Waals surface area contributed by atoms with Crippen LogP contribution in [-0.2, 0) is 6.54 Å². The van der Waals surface area contributed by atoms with Crippen LogP contribution in [0.15, 0.2) is 41.4 Å². The van der Waals surface area contributed by atoms with E-state index < -0.39 is 0 Å². The van der Waals surface area contributed by atoms with Crippen molar-refractivity contribution < 1.29 is 4.74 Å². The monoisotopic (exact) mass is 327 g/mol. The second-order valence-corrected chi connectivity index (χ2v) is 6.74. The van der Waals surface area contributed by atoms with Crippen molar-refractivity contribution >= 4 is 5.96 Å². The predicted octanol–water partition coefficient (Wildman–Crippen LogP) is 3.78. The molecule has 2 aliphatic rings. The highest BCUT2D eigenvalue weighted by molar-refractivity contribution is 5.80. The molecule has 0 bridgehead atoms. The molecule has 2 N–H and O–H groups in total. The van der Waals surface area contributed by atoms with Gasteiger partial charge in [-0.2, -0.15) is 0 Å². The van der Waals surface area contributed by atoms with Crippen LogP contribution in [0, 0.1) is 0 Å². The minimum atomic E-state index is 0.395. The van der Waals surface area contributed by atoms with E-state index in [-0.39, 0.29) is 0 Å². The fourth-order valence-electron chi connectivity index (χ4n) is 3.41. The molecule has 3 rings (SSSR count). The van der Waals surface area contributed by atoms with Crippen LogP contribution in [0.3, 0.4) is 0 Å². The van der Waals surface area contributed by atoms with Crippen LogP contribution in [0.25, 0.3) is 0 Å². The molecule has 0 saturated heterocycles. The van der Waals surface area contributed by atoms with E-state index in [1.807, 2.05) is 7.05 Å². The lowest BCUT2D eigenvalue weighted by Gasteiger charge is -2.23. The number of nitrogens with zero attached hydrogens (tertiary/aromatic N) is 1. The third-order valence-corrected chi connectivity index (χ3v) is 4.79. The summed E-state index contributed by atoms with van der Waals surface area (Å²) in [6.45, 7) is 0.752. The lowest BCUT2D eigenvalue weighted by Crippen LogP contribution is -2.42. The lowest BCUT2D eigenvalue weighted by molar-refractivity contribution is 0.155. The van der Waals surface area contributed by atoms with Crippen LogP contribution >= 0.6 is 0 Å². The standard InChI is InChI=1S/C20H29N3O/c1-21-20(23-17-9-5-6-10-17)22-15-16-8-7-13-19(14-16)24-18-11-3-2-4-12-18/h5-8,13-14,17-18H,2-4,9-12,15H2,1H3,(H2,21,22,23). The van der Waals surface area contributed by atoms with Crippen molar-refractivity contribution in [3.8, 4) is 5.75 Å². The minimum absolute atomic E-state index is 0.395. The van der Waals surface area contributed by atoms with Crippen LogP contribution in [0.2, 0.25) is 0 Å². The van der Waals surface area contributed by atoms with E-state index >= 15 is 0 Å². The van der Waals surface area contributed by atoms with Gasteiger partial charge >= 0.3 is 0 Å². The molecule has 0 heterocycles. The van der Waals surface area contributed by atoms with Gasteiger partial charge < -0.3 is 15.4 Å². The molecular formula is C20H29N3O. The minimum Gasteiger partial charge on any atom is -0.490 e. The number of benzene rings is 1. The molecule has 1 saturated carbocycles. The van der Waals surface area contributed by atoms with E-state index in [9.17, 15) is 0 Å². The first-order chi connectivity index (χ1) is 11.8. The van der Waals surface area contributed by atoms with Gasteiger partial charge in [0.2, 0.25) is 0 Å². The van der Waals surface area contributed by atoms with Gasteiger partial charge in [-0.05, 0) is 56.2 Å². The molecule has 1 fully saturated rings. The van der Waals surface area contributed by atoms with Crippen LogP contribution in [-0.4, -0.2) is 25.2 Å². The fraction of sp³-hybridized carbons (Fsp3) is 0.550. The van der Waals surface area contributed by atoms with E-state index in [4.69, 9.17) is 4.74 Å². The summed E-state index contributed by atoms with van der Waals surface area (Å²) < 4.78 is 6.15. The Hall–Kier alpha value is -1.97. The van der Waals surface area contributed by atoms with Crippen molar-refractivity contribution in [1.82, 2.24) is 10.6 Å². The molecule has 130 valence electrons. The van der Waals surface area contributed by atoms with Gasteiger partial charge in [0.05, 0.1) is 6.10 Å². The maximum Gasteiger partial charge on any atom is 0.191 e. The average Bonchev–Trinajstić information content (AvgIpc) is 3.13. The molecule has 0 amide bonds. The second kappa shape index (κ2) is 8.76. The zero-order valence-electron chi connectivity index (χ0n) is 14.6. The van der Waals surface area contributed by atoms with Crippen molar-refractivity contribution in [3.05, 3.63) is 42.0 Å². The number of guanidine groups is 1. The number of nitrogens with one attached hydrogen (secondary N) is 2. The predicted molar refractivity (Wildman–Crippen MR) is 99.4 cm³/mol. The van der Waals surface area contributed by atoms with Gasteiger partial charge in [-0.1, -0.05) is 30.7 Å². The first-order valence-electron chi connectivity index (χ1n) is 9.21. The van der Waals surface area contributed by atoms with Crippen molar-refractivity contribution in [1.29, 1.82) is 0 Å². The van der Waals surface area contributed by atoms with Crippen LogP contribution in [0.5, 0.6) is 5.75 Å². The Balaban J connectivity index is 1.49. The molecule has 0 aliphatic heterocycles. The fourth-order valence-corrected chi connectivity index (χ4v) is 3.41. The molecule has 0 aromatic heterocycles. The SMILES string of the molecule is CN=C(NCc1cccc(OC2CCCCC2)c1)NC1CC=CC1. The number of hydrogen-bond acceptors (Lipinski definition) is 2. The molecule has 24 heavy (non-hydrogen) atoms. The van der Waals surface area contributed by atoms with Gasteiger partial charge in [0.1, 0.15) is 5.75 Å². The van der Waals surface area contributed by atoms with Crippen molar-refractivity contribution in [2.75, 3.05) is 7.05 Å². The van der Waals surface area contributed by atoms with Crippen molar-refractivity contribution in [2.45, 2.75) is 63.6 Å². The number of ether oxygens (including phenoxy) is 1. The maximum atomic E-state index is 6.15. The molecule has 0 spiro atoms. The number of hydrogen-bond donors (Lipinski definition) is 2. The maximum absolute atomic E-state index is 6.15. The summed E-state index contributed by atoms with van der Waals surface area (Å²) in [4.78, 5) is 4.32. The highest BCUT2D eigenvalue weighted by Crippen LogP contribution is 2.23. The zero-order chi connectivity index (χ0) is 16.6. The van der Waals surface area contributed by atoms with E-state index in [1.165, 1.54) is 37.7 Å². The Bertz CT molecular complexity index is 568. The molecule has 0 atom stereocenters. The first kappa shape index (κ1) is 16.9. The average molecular weight is 327 g/mol. The third-order valence-electron chi connectivity index (χ3n) is 4.79. The molecule has 4 nitrogen and oxygen atoms in total. The number of rotatable bonds is 5. The van der Waals surface area contributed by atoms with Gasteiger partial charge in [0, 0.05) is 19.6 Å². The number of aliphatic imine (C=N–C) groups is 1. The largest absolute Gasteiger partial charge is 0.490 e. The summed E-state index contributed by atoms with van der Waals surface area (Å²) in [5, 5.41) is 6.86. The Labute approximate surface area is 145 Å². The van der Waals surface area contributed by atoms with Gasteiger partial charge in [0.15, 0.2) is 5.96 Å². The van der Waals surface area contributed by atoms with Crippen molar-refractivity contribution in [2.24, 2.45) is 4.99 Å². The smallest absolute Gasteiger partial charge is 0.191 e. The van der Waals surface area contributed by atoms with E-state index in [2.05, 4.69) is 52.0 Å². The van der Waals surface area contributed by atoms with Gasteiger partial charge in [-0.15, -0.1) is 0 Å². The zero-order valence-corrected chi connectivity index (χ0v) is 14.6. The Morgan fingerprint density at radius 2 is 1.96 bits per heavy atom. The highest BCUT2D eigenvalue weighted by atomic mass is 16.5. The van der Waals surface area contributed by atoms with Gasteiger partial charge in [-0.25, -0.2) is 0 Å². The Morgan fingerprint density at radius 1 is 1.17 bits per heavy atom. The summed E-state index contributed by atoms with van der Waals surface area (Å²) in [5.74, 6) is 1.85. The lowest BCUT2D eigenvalue weighted by atomic mass is 9.98. The normalized spacial score (nSPS) is 19.5. The Morgan fingerprint density at radius 3 is 2.71 bits per heavy atom. The molecule has 2 aliphatic carbocycles. The molecule has 0 radical (unpaired) electrons. The third kappa shape index (κ3) is 5.02. The quantitative estimate of drug-likeness (QED) is 0.491. The molecule has 1 aromatic rings. The van der Waals surface area contributed by atoms with Crippen molar-refractivity contribution in [3.63, 3.8) is 0 Å². The van der Waals surface area contributed by atoms with Crippen LogP contribution < -0.4 is 15.4 Å². The Kier molecular flexibility index (Phi) is 6.16. The second-order valence-electron chi connectivity index (χ2n) is 6.74. The van der Waals surface area contributed by atoms with Gasteiger partial charge in [0.25, 0.3) is 0 Å². The highest BCUT2D eigenvalue weighted by Gasteiger charge is 2.15. The van der Waals surface area contributed by atoms with Gasteiger partial charge in [-0.3, -0.25) is 4.99 Å². The summed E-state index contributed by atoms with van der Waals surface area (Å²) in [5.41, 5.74) is 1.22. The summed E-state index contributed by atoms with van der Waals surface area (Å²) in [6.07, 6.45) is 13.3. The summed E-state index contributed by atoms with van der Waals surface area (Å²) >= 11 is 0. The topological polar surface area (TPSA) is 45.7 Å². The van der Waals surface area contributed by atoms with Crippen LogP contribution in [0.4, 0.5) is 0 Å². The summed E-state index contributed by atoms with van der Waals surface area (Å²) in [7, 11) is 1.82. The first-order valence-corrected chi connectivity index (χ1v) is 9.21. The molecule has 4 heteroatoms. The summed E-state index contributed by atoms with van der Waals surface area (Å²) in [6, 6.07) is 8.89. The van der Waals surface area contributed by atoms with E-state index in [0.29, 0.717) is 12.1 Å².